The molecule has 3 aliphatic rings. The Balaban J connectivity index is 2.05. The maximum absolute atomic E-state index is 5.72. The Morgan fingerprint density at radius 3 is 2.82 bits per heavy atom. The Morgan fingerprint density at radius 2 is 2.06 bits per heavy atom. The quantitative estimate of drug-likeness (QED) is 0.565. The first-order chi connectivity index (χ1) is 7.95. The Morgan fingerprint density at radius 1 is 1.29 bits per heavy atom. The highest BCUT2D eigenvalue weighted by Gasteiger charge is 2.55. The Kier molecular flexibility index (Phi) is 2.27. The molecule has 0 amide bonds. The second-order valence-electron chi connectivity index (χ2n) is 7.10. The summed E-state index contributed by atoms with van der Waals surface area (Å²) in [5.74, 6) is 2.32. The van der Waals surface area contributed by atoms with Crippen molar-refractivity contribution in [3.05, 3.63) is 24.0 Å². The molecule has 1 saturated carbocycles. The molecule has 3 atom stereocenters. The molecular weight excluding hydrogens is 208 g/mol. The topological polar surface area (TPSA) is 9.23 Å². The van der Waals surface area contributed by atoms with Gasteiger partial charge < -0.3 is 4.74 Å². The van der Waals surface area contributed by atoms with E-state index in [1.54, 1.807) is 0 Å². The van der Waals surface area contributed by atoms with Gasteiger partial charge in [-0.25, -0.2) is 0 Å². The molecular formula is C16H24O. The summed E-state index contributed by atoms with van der Waals surface area (Å²) >= 11 is 0. The lowest BCUT2D eigenvalue weighted by Gasteiger charge is -2.55. The minimum absolute atomic E-state index is 0.388. The van der Waals surface area contributed by atoms with Gasteiger partial charge in [-0.2, -0.15) is 0 Å². The van der Waals surface area contributed by atoms with Crippen LogP contribution in [-0.2, 0) is 4.74 Å². The van der Waals surface area contributed by atoms with Crippen LogP contribution in [0.3, 0.4) is 0 Å². The van der Waals surface area contributed by atoms with Gasteiger partial charge in [0.25, 0.3) is 0 Å². The highest BCUT2D eigenvalue weighted by molar-refractivity contribution is 5.30. The first-order valence-electron chi connectivity index (χ1n) is 6.96. The lowest BCUT2D eigenvalue weighted by Crippen LogP contribution is -2.48. The van der Waals surface area contributed by atoms with Crippen molar-refractivity contribution in [1.29, 1.82) is 0 Å². The first kappa shape index (κ1) is 11.4. The van der Waals surface area contributed by atoms with Gasteiger partial charge in [0.1, 0.15) is 6.61 Å². The molecule has 2 aliphatic carbocycles. The van der Waals surface area contributed by atoms with E-state index >= 15 is 0 Å². The fraction of sp³-hybridized carbons (Fsp3) is 0.750. The number of hydrogen-bond donors (Lipinski definition) is 0. The molecule has 94 valence electrons. The molecule has 0 radical (unpaired) electrons. The summed E-state index contributed by atoms with van der Waals surface area (Å²) < 4.78 is 5.72. The van der Waals surface area contributed by atoms with Crippen molar-refractivity contribution in [3.8, 4) is 0 Å². The molecule has 1 aliphatic heterocycles. The number of ether oxygens (including phenoxy) is 1. The van der Waals surface area contributed by atoms with E-state index in [-0.39, 0.29) is 0 Å². The molecule has 0 aromatic carbocycles. The first-order valence-corrected chi connectivity index (χ1v) is 6.96. The third kappa shape index (κ3) is 1.44. The van der Waals surface area contributed by atoms with Crippen LogP contribution in [-0.4, -0.2) is 6.61 Å². The molecule has 1 nitrogen and oxygen atoms in total. The second-order valence-corrected chi connectivity index (χ2v) is 7.10. The molecule has 1 heterocycles. The summed E-state index contributed by atoms with van der Waals surface area (Å²) in [6.07, 6.45) is 7.76. The fourth-order valence-electron chi connectivity index (χ4n) is 4.89. The molecule has 0 N–H and O–H groups in total. The maximum Gasteiger partial charge on any atom is 0.110 e. The number of rotatable bonds is 0. The van der Waals surface area contributed by atoms with Crippen LogP contribution in [0.2, 0.25) is 0 Å². The lowest BCUT2D eigenvalue weighted by atomic mass is 9.49. The molecule has 17 heavy (non-hydrogen) atoms. The summed E-state index contributed by atoms with van der Waals surface area (Å²) in [6.45, 7) is 12.3. The van der Waals surface area contributed by atoms with E-state index in [1.165, 1.54) is 31.3 Å². The van der Waals surface area contributed by atoms with Crippen LogP contribution in [0.1, 0.15) is 46.5 Å². The van der Waals surface area contributed by atoms with Crippen molar-refractivity contribution in [3.63, 3.8) is 0 Å². The van der Waals surface area contributed by atoms with Gasteiger partial charge in [0.15, 0.2) is 0 Å². The Bertz CT molecular complexity index is 390. The average Bonchev–Trinajstić information content (AvgIpc) is 2.60. The van der Waals surface area contributed by atoms with Gasteiger partial charge in [0.2, 0.25) is 0 Å². The molecule has 0 aromatic rings. The second kappa shape index (κ2) is 3.40. The molecule has 1 saturated heterocycles. The van der Waals surface area contributed by atoms with Crippen molar-refractivity contribution in [1.82, 2.24) is 0 Å². The zero-order valence-electron chi connectivity index (χ0n) is 11.4. The van der Waals surface area contributed by atoms with E-state index < -0.39 is 0 Å². The SMILES string of the molecule is C=C1OCC2=CCC3C(C)(C)CCCC3(C)C12. The van der Waals surface area contributed by atoms with Gasteiger partial charge in [-0.1, -0.05) is 39.8 Å². The van der Waals surface area contributed by atoms with E-state index in [1.807, 2.05) is 0 Å². The van der Waals surface area contributed by atoms with Crippen LogP contribution in [0.15, 0.2) is 24.0 Å². The van der Waals surface area contributed by atoms with Gasteiger partial charge in [-0.3, -0.25) is 0 Å². The monoisotopic (exact) mass is 232 g/mol. The van der Waals surface area contributed by atoms with Gasteiger partial charge in [0.05, 0.1) is 5.76 Å². The van der Waals surface area contributed by atoms with E-state index in [2.05, 4.69) is 33.4 Å². The summed E-state index contributed by atoms with van der Waals surface area (Å²) in [4.78, 5) is 0. The average molecular weight is 232 g/mol. The molecule has 3 rings (SSSR count). The predicted octanol–water partition coefficient (Wildman–Crippen LogP) is 4.31. The van der Waals surface area contributed by atoms with Gasteiger partial charge in [0, 0.05) is 5.92 Å². The van der Waals surface area contributed by atoms with Crippen LogP contribution in [0.4, 0.5) is 0 Å². The minimum atomic E-state index is 0.388. The summed E-state index contributed by atoms with van der Waals surface area (Å²) in [5, 5.41) is 0. The minimum Gasteiger partial charge on any atom is -0.494 e. The Hall–Kier alpha value is -0.720. The van der Waals surface area contributed by atoms with Crippen LogP contribution >= 0.6 is 0 Å². The molecule has 1 heteroatoms. The third-order valence-corrected chi connectivity index (χ3v) is 5.67. The Labute approximate surface area is 105 Å². The maximum atomic E-state index is 5.72. The van der Waals surface area contributed by atoms with E-state index in [4.69, 9.17) is 4.74 Å². The smallest absolute Gasteiger partial charge is 0.110 e. The highest BCUT2D eigenvalue weighted by Crippen LogP contribution is 2.62. The van der Waals surface area contributed by atoms with Crippen molar-refractivity contribution in [2.24, 2.45) is 22.7 Å². The van der Waals surface area contributed by atoms with Gasteiger partial charge >= 0.3 is 0 Å². The van der Waals surface area contributed by atoms with E-state index in [0.29, 0.717) is 16.7 Å². The zero-order chi connectivity index (χ0) is 12.3. The third-order valence-electron chi connectivity index (χ3n) is 5.67. The molecule has 0 aromatic heterocycles. The predicted molar refractivity (Wildman–Crippen MR) is 70.5 cm³/mol. The van der Waals surface area contributed by atoms with Gasteiger partial charge in [-0.05, 0) is 41.6 Å². The van der Waals surface area contributed by atoms with Crippen LogP contribution in [0.25, 0.3) is 0 Å². The highest BCUT2D eigenvalue weighted by atomic mass is 16.5. The number of hydrogen-bond acceptors (Lipinski definition) is 1. The standard InChI is InChI=1S/C16H24O/c1-11-14-12(10-17-11)6-7-13-15(2,3)8-5-9-16(13,14)4/h6,13-14H,1,5,7-10H2,2-4H3. The molecule has 0 spiro atoms. The lowest BCUT2D eigenvalue weighted by molar-refractivity contribution is -0.0282. The van der Waals surface area contributed by atoms with Crippen LogP contribution in [0.5, 0.6) is 0 Å². The normalized spacial score (nSPS) is 43.5. The largest absolute Gasteiger partial charge is 0.494 e. The van der Waals surface area contributed by atoms with Crippen LogP contribution in [0, 0.1) is 22.7 Å². The molecule has 3 unspecified atom stereocenters. The summed E-state index contributed by atoms with van der Waals surface area (Å²) in [5.41, 5.74) is 2.36. The van der Waals surface area contributed by atoms with Crippen molar-refractivity contribution >= 4 is 0 Å². The van der Waals surface area contributed by atoms with E-state index in [0.717, 1.165) is 18.3 Å². The van der Waals surface area contributed by atoms with Crippen molar-refractivity contribution in [2.45, 2.75) is 46.5 Å². The fourth-order valence-corrected chi connectivity index (χ4v) is 4.89. The van der Waals surface area contributed by atoms with Crippen LogP contribution < -0.4 is 0 Å². The van der Waals surface area contributed by atoms with Gasteiger partial charge in [-0.15, -0.1) is 0 Å². The zero-order valence-corrected chi connectivity index (χ0v) is 11.4. The summed E-state index contributed by atoms with van der Waals surface area (Å²) in [7, 11) is 0. The number of fused-ring (bicyclic) bond motifs is 3. The molecule has 2 fully saturated rings. The number of allylic oxidation sites excluding steroid dienone is 2. The molecule has 0 bridgehead atoms. The summed E-state index contributed by atoms with van der Waals surface area (Å²) in [6, 6.07) is 0. The van der Waals surface area contributed by atoms with Crippen molar-refractivity contribution < 1.29 is 4.74 Å². The van der Waals surface area contributed by atoms with E-state index in [9.17, 15) is 0 Å². The van der Waals surface area contributed by atoms with Crippen molar-refractivity contribution in [2.75, 3.05) is 6.61 Å².